The molecule has 8 nitrogen and oxygen atoms in total. The van der Waals surface area contributed by atoms with E-state index in [9.17, 15) is 22.7 Å². The Morgan fingerprint density at radius 2 is 1.86 bits per heavy atom. The molecule has 2 aromatic carbocycles. The molecule has 0 bridgehead atoms. The van der Waals surface area contributed by atoms with Crippen LogP contribution in [0.5, 0.6) is 0 Å². The number of rotatable bonds is 8. The Morgan fingerprint density at radius 3 is 2.49 bits per heavy atom. The van der Waals surface area contributed by atoms with Gasteiger partial charge in [0.05, 0.1) is 11.3 Å². The Balaban J connectivity index is 1.79. The number of carbonyl (C=O) groups is 2. The van der Waals surface area contributed by atoms with Gasteiger partial charge in [0.1, 0.15) is 11.5 Å². The van der Waals surface area contributed by atoms with E-state index in [1.807, 2.05) is 0 Å². The van der Waals surface area contributed by atoms with Gasteiger partial charge in [-0.3, -0.25) is 18.4 Å². The van der Waals surface area contributed by atoms with Crippen molar-refractivity contribution in [1.29, 1.82) is 0 Å². The highest BCUT2D eigenvalue weighted by Gasteiger charge is 2.27. The van der Waals surface area contributed by atoms with Crippen LogP contribution in [0.3, 0.4) is 0 Å². The number of primary amides is 1. The van der Waals surface area contributed by atoms with E-state index < -0.39 is 40.2 Å². The molecule has 4 N–H and O–H groups in total. The average molecular weight is 499 g/mol. The largest absolute Gasteiger partial charge is 0.366 e. The zero-order valence-electron chi connectivity index (χ0n) is 18.4. The number of amides is 1. The van der Waals surface area contributed by atoms with Crippen LogP contribution in [-0.2, 0) is 11.3 Å². The van der Waals surface area contributed by atoms with Crippen molar-refractivity contribution in [3.63, 3.8) is 0 Å². The molecule has 0 aliphatic rings. The van der Waals surface area contributed by atoms with E-state index in [1.165, 1.54) is 6.20 Å². The number of nitrogens with two attached hydrogens (primary N) is 1. The fraction of sp³-hybridized carbons (Fsp3) is 0.125. The molecular weight excluding hydrogens is 478 g/mol. The minimum absolute atomic E-state index is 0.0220. The van der Waals surface area contributed by atoms with Crippen LogP contribution in [0, 0.1) is 11.6 Å². The van der Waals surface area contributed by atoms with Gasteiger partial charge in [0.2, 0.25) is 11.7 Å². The van der Waals surface area contributed by atoms with Gasteiger partial charge >= 0.3 is 0 Å². The van der Waals surface area contributed by atoms with E-state index in [4.69, 9.17) is 5.73 Å². The molecule has 2 aromatic heterocycles. The third-order valence-electron chi connectivity index (χ3n) is 5.46. The number of halogens is 2. The summed E-state index contributed by atoms with van der Waals surface area (Å²) in [4.78, 5) is 31.7. The Bertz CT molecular complexity index is 1470. The number of H-pyrrole nitrogens is 1. The summed E-state index contributed by atoms with van der Waals surface area (Å²) >= 11 is -2.57. The smallest absolute Gasteiger partial charge is 0.261 e. The van der Waals surface area contributed by atoms with Crippen molar-refractivity contribution in [3.8, 4) is 11.1 Å². The number of nitrogens with zero attached hydrogens (tertiary/aromatic N) is 2. The zero-order chi connectivity index (χ0) is 25.3. The molecule has 0 radical (unpaired) electrons. The van der Waals surface area contributed by atoms with Crippen LogP contribution in [0.1, 0.15) is 39.6 Å². The lowest BCUT2D eigenvalue weighted by molar-refractivity contribution is 0.0998. The Labute approximate surface area is 201 Å². The van der Waals surface area contributed by atoms with Crippen molar-refractivity contribution in [3.05, 3.63) is 83.2 Å². The average Bonchev–Trinajstić information content (AvgIpc) is 3.26. The number of ketones is 1. The number of hydrogen-bond donors (Lipinski definition) is 3. The number of pyridine rings is 1. The van der Waals surface area contributed by atoms with Gasteiger partial charge in [-0.25, -0.2) is 18.0 Å². The van der Waals surface area contributed by atoms with Crippen LogP contribution < -0.4 is 10.0 Å². The number of carbonyl (C=O) groups excluding carboxylic acids is 2. The molecule has 11 heteroatoms. The first-order chi connectivity index (χ1) is 16.7. The van der Waals surface area contributed by atoms with Crippen molar-refractivity contribution >= 4 is 39.7 Å². The van der Waals surface area contributed by atoms with Gasteiger partial charge in [0.25, 0.3) is 11.3 Å². The van der Waals surface area contributed by atoms with Crippen molar-refractivity contribution < 1.29 is 27.1 Å². The van der Waals surface area contributed by atoms with Crippen molar-refractivity contribution in [2.45, 2.75) is 13.3 Å². The summed E-state index contributed by atoms with van der Waals surface area (Å²) in [6.45, 7) is 1.75. The Hall–Kier alpha value is -3.96. The normalized spacial score (nSPS) is 12.0. The van der Waals surface area contributed by atoms with E-state index in [1.54, 1.807) is 43.5 Å². The molecule has 2 heterocycles. The van der Waals surface area contributed by atoms with Gasteiger partial charge in [-0.1, -0.05) is 19.1 Å². The highest BCUT2D eigenvalue weighted by molar-refractivity contribution is 7.80. The molecule has 180 valence electrons. The molecule has 0 saturated heterocycles. The molecular formula is C24H20F2N4O4S. The molecule has 1 atom stereocenters. The molecule has 4 rings (SSSR count). The molecule has 0 fully saturated rings. The van der Waals surface area contributed by atoms with Crippen LogP contribution >= 0.6 is 0 Å². The summed E-state index contributed by atoms with van der Waals surface area (Å²) in [5.74, 6) is -3.85. The lowest BCUT2D eigenvalue weighted by Crippen LogP contribution is -2.27. The number of fused-ring (bicyclic) bond motifs is 1. The van der Waals surface area contributed by atoms with Crippen LogP contribution in [0.2, 0.25) is 0 Å². The van der Waals surface area contributed by atoms with Gasteiger partial charge < -0.3 is 10.7 Å². The first-order valence-corrected chi connectivity index (χ1v) is 11.6. The van der Waals surface area contributed by atoms with Gasteiger partial charge in [0, 0.05) is 41.0 Å². The Morgan fingerprint density at radius 1 is 1.14 bits per heavy atom. The third kappa shape index (κ3) is 4.55. The van der Waals surface area contributed by atoms with Gasteiger partial charge in [-0.2, -0.15) is 0 Å². The number of nitrogens with one attached hydrogen (secondary N) is 1. The molecule has 1 unspecified atom stereocenters. The predicted molar refractivity (Wildman–Crippen MR) is 128 cm³/mol. The lowest BCUT2D eigenvalue weighted by Gasteiger charge is -2.20. The molecule has 0 aliphatic carbocycles. The fourth-order valence-electron chi connectivity index (χ4n) is 3.74. The van der Waals surface area contributed by atoms with E-state index >= 15 is 4.39 Å². The van der Waals surface area contributed by atoms with Crippen LogP contribution in [0.25, 0.3) is 22.2 Å². The van der Waals surface area contributed by atoms with Crippen LogP contribution in [0.15, 0.2) is 54.9 Å². The Kier molecular flexibility index (Phi) is 6.72. The SMILES string of the molecule is CCCN(c1ccc(F)c(C(=O)c2c[nH]c3ncc(-c4ccc(C(N)=O)cc4)cc23)c1F)S(=O)O. The lowest BCUT2D eigenvalue weighted by atomic mass is 9.99. The quantitative estimate of drug-likeness (QED) is 0.248. The topological polar surface area (TPSA) is 129 Å². The number of benzene rings is 2. The molecule has 4 aromatic rings. The monoisotopic (exact) mass is 498 g/mol. The van der Waals surface area contributed by atoms with Gasteiger partial charge in [0.15, 0.2) is 5.82 Å². The highest BCUT2D eigenvalue weighted by atomic mass is 32.2. The third-order valence-corrected chi connectivity index (χ3v) is 6.22. The number of aromatic amines is 1. The molecule has 1 amide bonds. The van der Waals surface area contributed by atoms with Gasteiger partial charge in [-0.15, -0.1) is 0 Å². The first kappa shape index (κ1) is 24.2. The summed E-state index contributed by atoms with van der Waals surface area (Å²) in [6.07, 6.45) is 3.27. The van der Waals surface area contributed by atoms with Crippen LogP contribution in [0.4, 0.5) is 14.5 Å². The maximum Gasteiger partial charge on any atom is 0.261 e. The standard InChI is InChI=1S/C24H20F2N4O4S/c1-2-9-30(35(33)34)19-8-7-18(25)20(21(19)26)22(31)17-12-29-24-16(17)10-15(11-28-24)13-3-5-14(6-4-13)23(27)32/h3-8,10-12H,2,9H2,1H3,(H2,27,32)(H,28,29)(H,33,34). The molecule has 0 aliphatic heterocycles. The molecule has 0 saturated carbocycles. The second kappa shape index (κ2) is 9.72. The summed E-state index contributed by atoms with van der Waals surface area (Å²) in [5.41, 5.74) is 5.98. The van der Waals surface area contributed by atoms with E-state index in [0.717, 1.165) is 16.4 Å². The first-order valence-electron chi connectivity index (χ1n) is 10.5. The maximum atomic E-state index is 15.3. The van der Waals surface area contributed by atoms with Crippen molar-refractivity contribution in [2.75, 3.05) is 10.8 Å². The minimum atomic E-state index is -2.57. The van der Waals surface area contributed by atoms with Crippen molar-refractivity contribution in [2.24, 2.45) is 5.73 Å². The number of anilines is 1. The van der Waals surface area contributed by atoms with E-state index in [-0.39, 0.29) is 17.8 Å². The summed E-state index contributed by atoms with van der Waals surface area (Å²) in [6, 6.07) is 9.98. The summed E-state index contributed by atoms with van der Waals surface area (Å²) in [5, 5.41) is 0.326. The maximum absolute atomic E-state index is 15.3. The second-order valence-corrected chi connectivity index (χ2v) is 8.58. The van der Waals surface area contributed by atoms with Crippen LogP contribution in [-0.4, -0.2) is 37.0 Å². The van der Waals surface area contributed by atoms with E-state index in [0.29, 0.717) is 34.1 Å². The van der Waals surface area contributed by atoms with E-state index in [2.05, 4.69) is 9.97 Å². The summed E-state index contributed by atoms with van der Waals surface area (Å²) < 4.78 is 52.1. The molecule has 0 spiro atoms. The second-order valence-electron chi connectivity index (χ2n) is 7.68. The van der Waals surface area contributed by atoms with Crippen molar-refractivity contribution in [1.82, 2.24) is 9.97 Å². The predicted octanol–water partition coefficient (Wildman–Crippen LogP) is 4.19. The minimum Gasteiger partial charge on any atom is -0.366 e. The highest BCUT2D eigenvalue weighted by Crippen LogP contribution is 2.31. The summed E-state index contributed by atoms with van der Waals surface area (Å²) in [7, 11) is 0. The fourth-order valence-corrected chi connectivity index (χ4v) is 4.39. The molecule has 35 heavy (non-hydrogen) atoms. The number of aromatic nitrogens is 2. The number of hydrogen-bond acceptors (Lipinski definition) is 4. The zero-order valence-corrected chi connectivity index (χ0v) is 19.2. The van der Waals surface area contributed by atoms with Gasteiger partial charge in [-0.05, 0) is 42.3 Å².